The highest BCUT2D eigenvalue weighted by atomic mass is 35.5. The number of nitrogen functional groups attached to an aromatic ring is 1. The summed E-state index contributed by atoms with van der Waals surface area (Å²) in [6.07, 6.45) is -4.40. The number of hydrogen-bond acceptors (Lipinski definition) is 2. The lowest BCUT2D eigenvalue weighted by atomic mass is 10.2. The average Bonchev–Trinajstić information content (AvgIpc) is 2.14. The summed E-state index contributed by atoms with van der Waals surface area (Å²) in [5, 5.41) is 7.13. The molecule has 16 heavy (non-hydrogen) atoms. The number of para-hydroxylation sites is 1. The molecule has 0 aliphatic carbocycles. The third-order valence-electron chi connectivity index (χ3n) is 1.57. The topological polar surface area (TPSA) is 59.1 Å². The monoisotopic (exact) mass is 254 g/mol. The predicted molar refractivity (Wildman–Crippen MR) is 56.3 cm³/mol. The molecule has 90 valence electrons. The van der Waals surface area contributed by atoms with Crippen molar-refractivity contribution in [2.45, 2.75) is 6.18 Å². The Morgan fingerprint density at radius 2 is 1.88 bits per heavy atom. The lowest BCUT2D eigenvalue weighted by molar-refractivity contribution is -0.153. The van der Waals surface area contributed by atoms with Crippen LogP contribution in [0.25, 0.3) is 0 Å². The SMILES string of the molecule is Cl.N=C(N)c1ccccc1OCC(F)(F)F. The highest BCUT2D eigenvalue weighted by Crippen LogP contribution is 2.21. The van der Waals surface area contributed by atoms with Crippen LogP contribution in [0.15, 0.2) is 24.3 Å². The summed E-state index contributed by atoms with van der Waals surface area (Å²) in [5.41, 5.74) is 5.33. The van der Waals surface area contributed by atoms with Gasteiger partial charge in [-0.1, -0.05) is 12.1 Å². The molecule has 0 spiro atoms. The van der Waals surface area contributed by atoms with E-state index in [1.165, 1.54) is 18.2 Å². The van der Waals surface area contributed by atoms with Crippen molar-refractivity contribution in [1.82, 2.24) is 0 Å². The van der Waals surface area contributed by atoms with E-state index >= 15 is 0 Å². The number of nitrogens with two attached hydrogens (primary N) is 1. The molecule has 0 aliphatic rings. The van der Waals surface area contributed by atoms with Crippen LogP contribution >= 0.6 is 12.4 Å². The molecule has 0 unspecified atom stereocenters. The molecular formula is C9H10ClF3N2O. The number of rotatable bonds is 3. The zero-order valence-corrected chi connectivity index (χ0v) is 8.86. The lowest BCUT2D eigenvalue weighted by Crippen LogP contribution is -2.21. The van der Waals surface area contributed by atoms with Gasteiger partial charge in [0.15, 0.2) is 6.61 Å². The maximum atomic E-state index is 11.9. The summed E-state index contributed by atoms with van der Waals surface area (Å²) >= 11 is 0. The smallest absolute Gasteiger partial charge is 0.422 e. The van der Waals surface area contributed by atoms with E-state index in [1.807, 2.05) is 0 Å². The molecule has 1 rings (SSSR count). The van der Waals surface area contributed by atoms with Gasteiger partial charge >= 0.3 is 6.18 Å². The van der Waals surface area contributed by atoms with E-state index < -0.39 is 12.8 Å². The van der Waals surface area contributed by atoms with E-state index in [-0.39, 0.29) is 29.6 Å². The normalized spacial score (nSPS) is 10.4. The third-order valence-corrected chi connectivity index (χ3v) is 1.57. The van der Waals surface area contributed by atoms with Crippen LogP contribution in [0.2, 0.25) is 0 Å². The molecule has 0 bridgehead atoms. The van der Waals surface area contributed by atoms with Crippen molar-refractivity contribution in [1.29, 1.82) is 5.41 Å². The number of alkyl halides is 3. The fraction of sp³-hybridized carbons (Fsp3) is 0.222. The Morgan fingerprint density at radius 3 is 2.38 bits per heavy atom. The summed E-state index contributed by atoms with van der Waals surface area (Å²) in [6.45, 7) is -1.39. The Labute approximate surface area is 96.3 Å². The summed E-state index contributed by atoms with van der Waals surface area (Å²) in [4.78, 5) is 0. The van der Waals surface area contributed by atoms with Crippen LogP contribution in [-0.2, 0) is 0 Å². The molecule has 0 atom stereocenters. The van der Waals surface area contributed by atoms with Gasteiger partial charge in [-0.3, -0.25) is 5.41 Å². The molecule has 3 N–H and O–H groups in total. The van der Waals surface area contributed by atoms with Crippen LogP contribution in [-0.4, -0.2) is 18.6 Å². The number of hydrogen-bond donors (Lipinski definition) is 2. The van der Waals surface area contributed by atoms with Crippen LogP contribution in [0.4, 0.5) is 13.2 Å². The quantitative estimate of drug-likeness (QED) is 0.642. The number of halogens is 4. The molecule has 0 amide bonds. The summed E-state index contributed by atoms with van der Waals surface area (Å²) in [6, 6.07) is 5.84. The van der Waals surface area contributed by atoms with Gasteiger partial charge in [0, 0.05) is 0 Å². The first-order valence-electron chi connectivity index (χ1n) is 4.03. The van der Waals surface area contributed by atoms with Gasteiger partial charge in [-0.2, -0.15) is 13.2 Å². The molecule has 0 saturated carbocycles. The van der Waals surface area contributed by atoms with E-state index in [9.17, 15) is 13.2 Å². The van der Waals surface area contributed by atoms with Gasteiger partial charge in [0.25, 0.3) is 0 Å². The van der Waals surface area contributed by atoms with E-state index in [0.717, 1.165) is 0 Å². The minimum Gasteiger partial charge on any atom is -0.483 e. The van der Waals surface area contributed by atoms with Crippen molar-refractivity contribution < 1.29 is 17.9 Å². The van der Waals surface area contributed by atoms with Gasteiger partial charge in [0.05, 0.1) is 5.56 Å². The number of nitrogens with one attached hydrogen (secondary N) is 1. The van der Waals surface area contributed by atoms with Crippen molar-refractivity contribution in [3.05, 3.63) is 29.8 Å². The minimum absolute atomic E-state index is 0. The second-order valence-electron chi connectivity index (χ2n) is 2.81. The Hall–Kier alpha value is -1.43. The molecule has 3 nitrogen and oxygen atoms in total. The number of benzene rings is 1. The zero-order valence-electron chi connectivity index (χ0n) is 8.04. The zero-order chi connectivity index (χ0) is 11.5. The first kappa shape index (κ1) is 14.6. The van der Waals surface area contributed by atoms with Crippen molar-refractivity contribution in [2.24, 2.45) is 5.73 Å². The Morgan fingerprint density at radius 1 is 1.31 bits per heavy atom. The molecule has 0 fully saturated rings. The predicted octanol–water partition coefficient (Wildman–Crippen LogP) is 2.33. The van der Waals surface area contributed by atoms with Crippen LogP contribution in [0.3, 0.4) is 0 Å². The van der Waals surface area contributed by atoms with Crippen molar-refractivity contribution >= 4 is 18.2 Å². The third kappa shape index (κ3) is 4.39. The first-order valence-corrected chi connectivity index (χ1v) is 4.03. The van der Waals surface area contributed by atoms with Crippen molar-refractivity contribution in [3.63, 3.8) is 0 Å². The average molecular weight is 255 g/mol. The maximum absolute atomic E-state index is 11.9. The van der Waals surface area contributed by atoms with Gasteiger partial charge < -0.3 is 10.5 Å². The standard InChI is InChI=1S/C9H9F3N2O.ClH/c10-9(11,12)5-15-7-4-2-1-3-6(7)8(13)14;/h1-4H,5H2,(H3,13,14);1H. The van der Waals surface area contributed by atoms with Crippen LogP contribution < -0.4 is 10.5 Å². The van der Waals surface area contributed by atoms with Crippen LogP contribution in [0.1, 0.15) is 5.56 Å². The van der Waals surface area contributed by atoms with E-state index in [2.05, 4.69) is 4.74 Å². The lowest BCUT2D eigenvalue weighted by Gasteiger charge is -2.11. The van der Waals surface area contributed by atoms with E-state index in [0.29, 0.717) is 0 Å². The minimum atomic E-state index is -4.40. The Balaban J connectivity index is 0.00000225. The molecular weight excluding hydrogens is 245 g/mol. The molecule has 7 heteroatoms. The molecule has 1 aromatic rings. The maximum Gasteiger partial charge on any atom is 0.422 e. The highest BCUT2D eigenvalue weighted by Gasteiger charge is 2.28. The largest absolute Gasteiger partial charge is 0.483 e. The van der Waals surface area contributed by atoms with Gasteiger partial charge in [0.2, 0.25) is 0 Å². The Kier molecular flexibility index (Phi) is 5.10. The fourth-order valence-corrected chi connectivity index (χ4v) is 0.975. The fourth-order valence-electron chi connectivity index (χ4n) is 0.975. The first-order chi connectivity index (χ1) is 6.90. The molecule has 0 saturated heterocycles. The van der Waals surface area contributed by atoms with Gasteiger partial charge in [0.1, 0.15) is 11.6 Å². The highest BCUT2D eigenvalue weighted by molar-refractivity contribution is 5.97. The number of amidine groups is 1. The van der Waals surface area contributed by atoms with Crippen molar-refractivity contribution in [3.8, 4) is 5.75 Å². The molecule has 0 radical (unpaired) electrons. The van der Waals surface area contributed by atoms with Crippen LogP contribution in [0.5, 0.6) is 5.75 Å². The second-order valence-corrected chi connectivity index (χ2v) is 2.81. The van der Waals surface area contributed by atoms with Gasteiger partial charge in [-0.25, -0.2) is 0 Å². The Bertz CT molecular complexity index is 368. The van der Waals surface area contributed by atoms with Gasteiger partial charge in [-0.05, 0) is 12.1 Å². The van der Waals surface area contributed by atoms with Crippen LogP contribution in [0, 0.1) is 5.41 Å². The van der Waals surface area contributed by atoms with Crippen molar-refractivity contribution in [2.75, 3.05) is 6.61 Å². The number of ether oxygens (including phenoxy) is 1. The molecule has 0 aliphatic heterocycles. The second kappa shape index (κ2) is 5.60. The van der Waals surface area contributed by atoms with E-state index in [1.54, 1.807) is 6.07 Å². The van der Waals surface area contributed by atoms with E-state index in [4.69, 9.17) is 11.1 Å². The summed E-state index contributed by atoms with van der Waals surface area (Å²) in [7, 11) is 0. The molecule has 0 heterocycles. The van der Waals surface area contributed by atoms with Gasteiger partial charge in [-0.15, -0.1) is 12.4 Å². The molecule has 0 aromatic heterocycles. The summed E-state index contributed by atoms with van der Waals surface area (Å²) < 4.78 is 40.1. The molecule has 1 aromatic carbocycles. The summed E-state index contributed by atoms with van der Waals surface area (Å²) in [5.74, 6) is -0.366.